The second kappa shape index (κ2) is 10.8. The molecule has 0 bridgehead atoms. The zero-order chi connectivity index (χ0) is 24.9. The van der Waals surface area contributed by atoms with Crippen molar-refractivity contribution in [2.24, 2.45) is 0 Å². The fourth-order valence-corrected chi connectivity index (χ4v) is 4.11. The maximum Gasteiger partial charge on any atom is 0.258 e. The van der Waals surface area contributed by atoms with Crippen LogP contribution in [-0.4, -0.2) is 36.0 Å². The first-order valence-electron chi connectivity index (χ1n) is 11.0. The van der Waals surface area contributed by atoms with Gasteiger partial charge in [0.15, 0.2) is 5.79 Å². The van der Waals surface area contributed by atoms with Crippen molar-refractivity contribution in [3.05, 3.63) is 93.5 Å². The summed E-state index contributed by atoms with van der Waals surface area (Å²) in [5.41, 5.74) is 4.93. The quantitative estimate of drug-likeness (QED) is 0.359. The lowest BCUT2D eigenvalue weighted by Crippen LogP contribution is -2.32. The molecule has 1 heterocycles. The van der Waals surface area contributed by atoms with Crippen molar-refractivity contribution in [2.45, 2.75) is 32.5 Å². The summed E-state index contributed by atoms with van der Waals surface area (Å²) in [6, 6.07) is 17.9. The summed E-state index contributed by atoms with van der Waals surface area (Å²) < 4.78 is 0. The van der Waals surface area contributed by atoms with Crippen molar-refractivity contribution in [3.8, 4) is 0 Å². The molecule has 6 nitrogen and oxygen atoms in total. The Morgan fingerprint density at radius 3 is 2.41 bits per heavy atom. The Bertz CT molecular complexity index is 1190. The van der Waals surface area contributed by atoms with Crippen LogP contribution in [-0.2, 0) is 5.79 Å². The van der Waals surface area contributed by atoms with Crippen LogP contribution in [0.4, 0.5) is 11.4 Å². The van der Waals surface area contributed by atoms with Gasteiger partial charge in [-0.05, 0) is 67.8 Å². The molecule has 3 aromatic carbocycles. The van der Waals surface area contributed by atoms with Crippen LogP contribution in [0.1, 0.15) is 50.2 Å². The maximum atomic E-state index is 13.1. The molecular weight excluding hydrogens is 452 g/mol. The van der Waals surface area contributed by atoms with Gasteiger partial charge >= 0.3 is 0 Å². The van der Waals surface area contributed by atoms with Crippen LogP contribution < -0.4 is 10.2 Å². The van der Waals surface area contributed by atoms with Crippen LogP contribution in [0.3, 0.4) is 0 Å². The average molecular weight is 481 g/mol. The fraction of sp³-hybridized carbons (Fsp3) is 0.259. The lowest BCUT2D eigenvalue weighted by atomic mass is 10.0. The smallest absolute Gasteiger partial charge is 0.258 e. The van der Waals surface area contributed by atoms with Crippen LogP contribution in [0.25, 0.3) is 0 Å². The predicted octanol–water partition coefficient (Wildman–Crippen LogP) is 5.08. The van der Waals surface area contributed by atoms with Crippen molar-refractivity contribution in [3.63, 3.8) is 0 Å². The Morgan fingerprint density at radius 2 is 1.79 bits per heavy atom. The van der Waals surface area contributed by atoms with Gasteiger partial charge in [-0.1, -0.05) is 35.9 Å². The van der Waals surface area contributed by atoms with E-state index in [1.54, 1.807) is 23.1 Å². The number of carbonyl (C=O) groups is 2. The molecule has 7 heteroatoms. The van der Waals surface area contributed by atoms with Gasteiger partial charge in [0.2, 0.25) is 0 Å². The van der Waals surface area contributed by atoms with Gasteiger partial charge in [0.05, 0.1) is 5.69 Å². The van der Waals surface area contributed by atoms with E-state index in [2.05, 4.69) is 5.32 Å². The Balaban J connectivity index is 0.000000302. The number of aldehydes is 1. The SMILES string of the molecule is CNc1ccc(C(=O)N2CCCC(O)(O)c3cc(Cl)ccc32)c(C)c1.Cc1ccccc1C=O. The second-order valence-corrected chi connectivity index (χ2v) is 8.73. The summed E-state index contributed by atoms with van der Waals surface area (Å²) in [4.78, 5) is 25.0. The van der Waals surface area contributed by atoms with Gasteiger partial charge in [0.25, 0.3) is 5.91 Å². The van der Waals surface area contributed by atoms with E-state index in [0.29, 0.717) is 29.2 Å². The summed E-state index contributed by atoms with van der Waals surface area (Å²) in [5, 5.41) is 24.2. The molecule has 0 unspecified atom stereocenters. The number of carbonyl (C=O) groups excluding carboxylic acids is 2. The summed E-state index contributed by atoms with van der Waals surface area (Å²) >= 11 is 6.03. The Hall–Kier alpha value is -3.19. The number of aryl methyl sites for hydroxylation is 2. The van der Waals surface area contributed by atoms with E-state index in [0.717, 1.165) is 28.7 Å². The molecule has 4 rings (SSSR count). The van der Waals surface area contributed by atoms with Crippen LogP contribution in [0, 0.1) is 13.8 Å². The number of benzene rings is 3. The normalized spacial score (nSPS) is 14.2. The van der Waals surface area contributed by atoms with E-state index in [-0.39, 0.29) is 17.9 Å². The molecule has 0 atom stereocenters. The van der Waals surface area contributed by atoms with Gasteiger partial charge < -0.3 is 20.4 Å². The largest absolute Gasteiger partial charge is 0.388 e. The number of nitrogens with zero attached hydrogens (tertiary/aromatic N) is 1. The molecule has 3 aromatic rings. The lowest BCUT2D eigenvalue weighted by Gasteiger charge is -2.26. The lowest BCUT2D eigenvalue weighted by molar-refractivity contribution is -0.173. The number of halogens is 1. The first kappa shape index (κ1) is 25.4. The maximum absolute atomic E-state index is 13.1. The molecule has 0 aromatic heterocycles. The van der Waals surface area contributed by atoms with Crippen LogP contribution in [0.5, 0.6) is 0 Å². The monoisotopic (exact) mass is 480 g/mol. The first-order valence-corrected chi connectivity index (χ1v) is 11.4. The number of hydrogen-bond acceptors (Lipinski definition) is 5. The van der Waals surface area contributed by atoms with Crippen LogP contribution in [0.2, 0.25) is 5.02 Å². The minimum absolute atomic E-state index is 0.141. The number of nitrogens with one attached hydrogen (secondary N) is 1. The molecule has 1 amide bonds. The van der Waals surface area contributed by atoms with E-state index in [4.69, 9.17) is 11.6 Å². The third-order valence-electron chi connectivity index (χ3n) is 5.89. The summed E-state index contributed by atoms with van der Waals surface area (Å²) in [7, 11) is 1.83. The molecule has 1 aliphatic rings. The number of anilines is 2. The van der Waals surface area contributed by atoms with Gasteiger partial charge in [-0.3, -0.25) is 9.59 Å². The highest BCUT2D eigenvalue weighted by Gasteiger charge is 2.35. The molecule has 34 heavy (non-hydrogen) atoms. The molecule has 178 valence electrons. The van der Waals surface area contributed by atoms with E-state index in [9.17, 15) is 19.8 Å². The van der Waals surface area contributed by atoms with Crippen LogP contribution >= 0.6 is 11.6 Å². The van der Waals surface area contributed by atoms with Gasteiger partial charge in [0, 0.05) is 47.4 Å². The molecule has 0 saturated heterocycles. The van der Waals surface area contributed by atoms with Gasteiger partial charge in [-0.25, -0.2) is 0 Å². The Labute approximate surface area is 204 Å². The molecular formula is C27H29ClN2O4. The minimum Gasteiger partial charge on any atom is -0.388 e. The van der Waals surface area contributed by atoms with Crippen molar-refractivity contribution in [2.75, 3.05) is 23.8 Å². The Morgan fingerprint density at radius 1 is 1.06 bits per heavy atom. The van der Waals surface area contributed by atoms with Crippen molar-refractivity contribution in [1.82, 2.24) is 0 Å². The highest BCUT2D eigenvalue weighted by atomic mass is 35.5. The molecule has 0 fully saturated rings. The minimum atomic E-state index is -2.00. The topological polar surface area (TPSA) is 89.9 Å². The highest BCUT2D eigenvalue weighted by Crippen LogP contribution is 2.38. The van der Waals surface area contributed by atoms with Gasteiger partial charge in [0.1, 0.15) is 6.29 Å². The summed E-state index contributed by atoms with van der Waals surface area (Å²) in [6.07, 6.45) is 1.48. The first-order chi connectivity index (χ1) is 16.2. The van der Waals surface area contributed by atoms with Gasteiger partial charge in [-0.2, -0.15) is 0 Å². The van der Waals surface area contributed by atoms with E-state index >= 15 is 0 Å². The van der Waals surface area contributed by atoms with E-state index in [1.165, 1.54) is 6.07 Å². The van der Waals surface area contributed by atoms with Crippen molar-refractivity contribution in [1.29, 1.82) is 0 Å². The Kier molecular flexibility index (Phi) is 8.10. The molecule has 0 radical (unpaired) electrons. The number of fused-ring (bicyclic) bond motifs is 1. The summed E-state index contributed by atoms with van der Waals surface area (Å²) in [6.45, 7) is 4.21. The van der Waals surface area contributed by atoms with Crippen molar-refractivity contribution < 1.29 is 19.8 Å². The average Bonchev–Trinajstić information content (AvgIpc) is 2.95. The molecule has 3 N–H and O–H groups in total. The predicted molar refractivity (Wildman–Crippen MR) is 136 cm³/mol. The number of amides is 1. The fourth-order valence-electron chi connectivity index (χ4n) is 3.94. The highest BCUT2D eigenvalue weighted by molar-refractivity contribution is 6.30. The molecule has 0 spiro atoms. The molecule has 0 saturated carbocycles. The number of aliphatic hydroxyl groups is 2. The van der Waals surface area contributed by atoms with Gasteiger partial charge in [-0.15, -0.1) is 0 Å². The number of rotatable bonds is 3. The van der Waals surface area contributed by atoms with E-state index < -0.39 is 5.79 Å². The standard InChI is InChI=1S/C19H21ClN2O3.C8H8O/c1-12-10-14(21-2)5-6-15(12)18(23)22-9-3-8-19(24,25)16-11-13(20)4-7-17(16)22;1-7-4-2-3-5-8(7)6-9/h4-7,10-11,21,24-25H,3,8-9H2,1-2H3;2-6H,1H3. The zero-order valence-corrected chi connectivity index (χ0v) is 20.3. The third-order valence-corrected chi connectivity index (χ3v) is 6.13. The molecule has 0 aliphatic carbocycles. The summed E-state index contributed by atoms with van der Waals surface area (Å²) in [5.74, 6) is -2.17. The van der Waals surface area contributed by atoms with E-state index in [1.807, 2.05) is 57.3 Å². The zero-order valence-electron chi connectivity index (χ0n) is 19.5. The number of hydrogen-bond donors (Lipinski definition) is 3. The van der Waals surface area contributed by atoms with Crippen molar-refractivity contribution >= 4 is 35.2 Å². The van der Waals surface area contributed by atoms with Crippen LogP contribution in [0.15, 0.2) is 60.7 Å². The molecule has 1 aliphatic heterocycles. The second-order valence-electron chi connectivity index (χ2n) is 8.29. The third kappa shape index (κ3) is 5.65.